The van der Waals surface area contributed by atoms with E-state index in [9.17, 15) is 0 Å². The summed E-state index contributed by atoms with van der Waals surface area (Å²) in [5.74, 6) is 3.85. The van der Waals surface area contributed by atoms with Crippen molar-refractivity contribution in [2.45, 2.75) is 249 Å². The van der Waals surface area contributed by atoms with Crippen molar-refractivity contribution in [1.29, 1.82) is 0 Å². The monoisotopic (exact) mass is 1540 g/mol. The maximum Gasteiger partial charge on any atom is 0.168 e. The summed E-state index contributed by atoms with van der Waals surface area (Å²) in [6.07, 6.45) is 41.2. The van der Waals surface area contributed by atoms with Gasteiger partial charge in [-0.05, 0) is 139 Å². The number of fused-ring (bicyclic) bond motifs is 4. The predicted molar refractivity (Wildman–Crippen MR) is 455 cm³/mol. The lowest BCUT2D eigenvalue weighted by Crippen LogP contribution is -2.02. The third kappa shape index (κ3) is 17.8. The van der Waals surface area contributed by atoms with Crippen molar-refractivity contribution < 1.29 is 18.3 Å². The van der Waals surface area contributed by atoms with E-state index in [2.05, 4.69) is 105 Å². The van der Waals surface area contributed by atoms with E-state index >= 15 is 8.78 Å². The zero-order chi connectivity index (χ0) is 72.6. The molecule has 104 heavy (non-hydrogen) atoms. The van der Waals surface area contributed by atoms with Gasteiger partial charge in [-0.1, -0.05) is 189 Å². The Kier molecular flexibility index (Phi) is 28.4. The minimum atomic E-state index is -0.882. The van der Waals surface area contributed by atoms with Gasteiger partial charge in [-0.2, -0.15) is 17.5 Å². The van der Waals surface area contributed by atoms with Crippen LogP contribution in [0.4, 0.5) is 8.78 Å². The first-order valence-electron chi connectivity index (χ1n) is 39.0. The minimum absolute atomic E-state index is 0.205. The molecule has 0 aliphatic rings. The van der Waals surface area contributed by atoms with E-state index in [1.54, 1.807) is 12.1 Å². The highest BCUT2D eigenvalue weighted by molar-refractivity contribution is 7.25. The molecule has 0 aliphatic carbocycles. The number of thiophene rings is 6. The SMILES string of the molecule is C#CC(CCCC)Cc1ccc(-c2c3cc(C)sc3c(-c3ccc(CC(CC)CCCC)s3)c3cc(-c4c(C)c(OCCCCCCCCCCCC)c(-c5ccc(-c6ccc(-c7ccc(-c8c(C)c(OCCCCCCCCCCCC)c(C)c9nsnc89)s7)c(F)c6F)s5)c5nsnc45)sc23)s1. The van der Waals surface area contributed by atoms with Gasteiger partial charge < -0.3 is 9.47 Å². The highest BCUT2D eigenvalue weighted by Crippen LogP contribution is 2.56. The molecule has 16 heteroatoms. The molecule has 550 valence electrons. The number of rotatable bonds is 42. The van der Waals surface area contributed by atoms with E-state index in [1.807, 2.05) is 69.6 Å². The fourth-order valence-electron chi connectivity index (χ4n) is 15.2. The van der Waals surface area contributed by atoms with E-state index in [0.29, 0.717) is 28.9 Å². The van der Waals surface area contributed by atoms with Crippen LogP contribution in [0.25, 0.3) is 115 Å². The third-order valence-electron chi connectivity index (χ3n) is 21.1. The molecule has 0 fully saturated rings. The Morgan fingerprint density at radius 1 is 0.394 bits per heavy atom. The zero-order valence-corrected chi connectivity index (χ0v) is 69.2. The molecule has 0 N–H and O–H groups in total. The first kappa shape index (κ1) is 77.9. The first-order chi connectivity index (χ1) is 50.9. The highest BCUT2D eigenvalue weighted by Gasteiger charge is 2.31. The Balaban J connectivity index is 0.891. The standard InChI is InChI=1S/C88H104F2N4O2S8/c1-11-17-21-23-25-27-29-31-33-35-49-95-85-56(8)74(82-81(58(85)10)91-103-92-82)69-47-45-67(100-69)63-41-42-64(80(90)79(63)89)68-46-48-72(101-68)78-84-83(93-104-94-84)75(57(9)86(78)96-50-36-34-32-30-28-26-24-22-18-12-2)73-54-66-77(71-44-40-62(99-71)53-60(16-6)38-20-14-4)87-65(51-55(7)97-87)76(88(66)102-73)70-43-39-61(98-70)52-59(15-5)37-19-13-3/h5,39-48,51,54,59-60H,11-14,16-38,49-50,52-53H2,1-4,6-10H3. The summed E-state index contributed by atoms with van der Waals surface area (Å²) in [6, 6.07) is 25.7. The van der Waals surface area contributed by atoms with Crippen molar-refractivity contribution >= 4 is 134 Å². The first-order valence-corrected chi connectivity index (χ1v) is 45.4. The van der Waals surface area contributed by atoms with Gasteiger partial charge in [0.15, 0.2) is 11.6 Å². The number of aromatic nitrogens is 4. The summed E-state index contributed by atoms with van der Waals surface area (Å²) in [6.45, 7) is 21.2. The van der Waals surface area contributed by atoms with Crippen LogP contribution in [0.5, 0.6) is 11.5 Å². The van der Waals surface area contributed by atoms with Gasteiger partial charge in [0.2, 0.25) is 0 Å². The smallest absolute Gasteiger partial charge is 0.168 e. The topological polar surface area (TPSA) is 70.0 Å². The molecule has 0 bridgehead atoms. The lowest BCUT2D eigenvalue weighted by molar-refractivity contribution is 0.301. The second kappa shape index (κ2) is 37.9. The van der Waals surface area contributed by atoms with E-state index in [4.69, 9.17) is 33.4 Å². The second-order valence-corrected chi connectivity index (χ2v) is 36.7. The summed E-state index contributed by atoms with van der Waals surface area (Å²) in [5, 5.41) is 2.55. The molecule has 0 saturated carbocycles. The summed E-state index contributed by atoms with van der Waals surface area (Å²) >= 11 is 12.9. The fourth-order valence-corrected chi connectivity index (χ4v) is 23.5. The maximum absolute atomic E-state index is 17.2. The third-order valence-corrected chi connectivity index (χ3v) is 28.9. The zero-order valence-electron chi connectivity index (χ0n) is 62.7. The van der Waals surface area contributed by atoms with Crippen LogP contribution in [-0.2, 0) is 12.8 Å². The predicted octanol–water partition coefficient (Wildman–Crippen LogP) is 30.9. The summed E-state index contributed by atoms with van der Waals surface area (Å²) < 4.78 is 70.6. The van der Waals surface area contributed by atoms with Crippen LogP contribution in [-0.4, -0.2) is 30.7 Å². The molecule has 4 aromatic carbocycles. The van der Waals surface area contributed by atoms with Gasteiger partial charge in [0.05, 0.1) is 42.2 Å². The molecular weight excluding hydrogens is 1440 g/mol. The second-order valence-electron chi connectivity index (χ2n) is 28.8. The molecular formula is C88H104F2N4O2S8. The highest BCUT2D eigenvalue weighted by atomic mass is 32.1. The molecule has 2 unspecified atom stereocenters. The number of ether oxygens (including phenoxy) is 2. The van der Waals surface area contributed by atoms with Crippen LogP contribution >= 0.6 is 91.5 Å². The number of terminal acetylenes is 1. The number of hydrogen-bond acceptors (Lipinski definition) is 14. The Labute approximate surface area is 650 Å². The molecule has 6 nitrogen and oxygen atoms in total. The van der Waals surface area contributed by atoms with Gasteiger partial charge in [0.25, 0.3) is 0 Å². The van der Waals surface area contributed by atoms with Gasteiger partial charge in [-0.3, -0.25) is 0 Å². The van der Waals surface area contributed by atoms with Crippen molar-refractivity contribution in [3.8, 4) is 96.9 Å². The fraction of sp³-hybridized carbons (Fsp3) is 0.477. The van der Waals surface area contributed by atoms with Gasteiger partial charge >= 0.3 is 0 Å². The Morgan fingerprint density at radius 3 is 1.37 bits per heavy atom. The van der Waals surface area contributed by atoms with Crippen molar-refractivity contribution in [2.75, 3.05) is 13.2 Å². The average molecular weight is 1540 g/mol. The molecule has 0 aliphatic heterocycles. The van der Waals surface area contributed by atoms with Crippen LogP contribution < -0.4 is 9.47 Å². The molecule has 8 heterocycles. The van der Waals surface area contributed by atoms with Crippen molar-refractivity contribution in [1.82, 2.24) is 17.5 Å². The minimum Gasteiger partial charge on any atom is -0.493 e. The van der Waals surface area contributed by atoms with Crippen LogP contribution in [0.1, 0.15) is 239 Å². The number of aryl methyl sites for hydroxylation is 2. The van der Waals surface area contributed by atoms with Crippen molar-refractivity contribution in [3.05, 3.63) is 116 Å². The Morgan fingerprint density at radius 2 is 0.817 bits per heavy atom. The average Bonchev–Trinajstić information content (AvgIpc) is 1.56. The Bertz CT molecular complexity index is 4850. The molecule has 12 rings (SSSR count). The number of halogens is 2. The van der Waals surface area contributed by atoms with E-state index < -0.39 is 11.6 Å². The van der Waals surface area contributed by atoms with Gasteiger partial charge in [0, 0.05) is 125 Å². The van der Waals surface area contributed by atoms with Crippen LogP contribution in [0.3, 0.4) is 0 Å². The van der Waals surface area contributed by atoms with Crippen molar-refractivity contribution in [3.63, 3.8) is 0 Å². The van der Waals surface area contributed by atoms with Gasteiger partial charge in [0.1, 0.15) is 33.6 Å². The lowest BCUT2D eigenvalue weighted by atomic mass is 9.95. The number of benzene rings is 4. The molecule has 12 aromatic rings. The van der Waals surface area contributed by atoms with E-state index in [1.165, 1.54) is 230 Å². The summed E-state index contributed by atoms with van der Waals surface area (Å²) in [4.78, 5) is 10.8. The van der Waals surface area contributed by atoms with Crippen LogP contribution in [0.2, 0.25) is 0 Å². The maximum atomic E-state index is 17.2. The van der Waals surface area contributed by atoms with Crippen molar-refractivity contribution in [2.24, 2.45) is 11.8 Å². The Hall–Kier alpha value is -5.74. The van der Waals surface area contributed by atoms with Crippen LogP contribution in [0.15, 0.2) is 72.8 Å². The van der Waals surface area contributed by atoms with Gasteiger partial charge in [-0.15, -0.1) is 80.4 Å². The molecule has 0 saturated heterocycles. The quantitative estimate of drug-likeness (QED) is 0.0280. The molecule has 0 spiro atoms. The largest absolute Gasteiger partial charge is 0.493 e. The summed E-state index contributed by atoms with van der Waals surface area (Å²) in [7, 11) is 0. The number of hydrogen-bond donors (Lipinski definition) is 0. The molecule has 0 amide bonds. The summed E-state index contributed by atoms with van der Waals surface area (Å²) in [5.41, 5.74) is 12.0. The van der Waals surface area contributed by atoms with E-state index in [-0.39, 0.29) is 17.0 Å². The van der Waals surface area contributed by atoms with Gasteiger partial charge in [-0.25, -0.2) is 8.78 Å². The molecule has 2 atom stereocenters. The normalized spacial score (nSPS) is 12.5. The number of unbranched alkanes of at least 4 members (excludes halogenated alkanes) is 20. The number of nitrogens with zero attached hydrogens (tertiary/aromatic N) is 4. The van der Waals surface area contributed by atoms with Crippen LogP contribution in [0, 0.1) is 63.5 Å². The molecule has 0 radical (unpaired) electrons. The lowest BCUT2D eigenvalue weighted by Gasteiger charge is -2.17. The molecule has 8 aromatic heterocycles. The van der Waals surface area contributed by atoms with E-state index in [0.717, 1.165) is 139 Å².